The first kappa shape index (κ1) is 30.2. The molecule has 220 valence electrons. The van der Waals surface area contributed by atoms with E-state index in [4.69, 9.17) is 38.4 Å². The molecule has 0 amide bonds. The smallest absolute Gasteiger partial charge is 0.0950 e. The van der Waals surface area contributed by atoms with Crippen LogP contribution in [0.25, 0.3) is 0 Å². The van der Waals surface area contributed by atoms with Crippen LogP contribution in [-0.2, 0) is 22.6 Å². The third kappa shape index (κ3) is 8.38. The normalized spacial score (nSPS) is 28.9. The Morgan fingerprint density at radius 3 is 1.45 bits per heavy atom. The molecule has 0 spiro atoms. The Hall–Kier alpha value is -1.30. The molecule has 4 saturated heterocycles. The van der Waals surface area contributed by atoms with Crippen molar-refractivity contribution in [2.24, 2.45) is 5.73 Å². The Labute approximate surface area is 248 Å². The Kier molecular flexibility index (Phi) is 11.1. The Balaban J connectivity index is 0.000000161. The van der Waals surface area contributed by atoms with E-state index >= 15 is 0 Å². The average molecular weight is 593 g/mol. The Bertz CT molecular complexity index is 947. The zero-order valence-electron chi connectivity index (χ0n) is 23.2. The van der Waals surface area contributed by atoms with Gasteiger partial charge in [0.15, 0.2) is 0 Å². The van der Waals surface area contributed by atoms with E-state index in [0.717, 1.165) is 82.1 Å². The molecule has 2 aromatic rings. The summed E-state index contributed by atoms with van der Waals surface area (Å²) in [5, 5.41) is 11.5. The van der Waals surface area contributed by atoms with E-state index in [-0.39, 0.29) is 18.2 Å². The van der Waals surface area contributed by atoms with Gasteiger partial charge in [-0.15, -0.1) is 0 Å². The highest BCUT2D eigenvalue weighted by atomic mass is 35.5. The van der Waals surface area contributed by atoms with Gasteiger partial charge in [-0.3, -0.25) is 19.6 Å². The maximum Gasteiger partial charge on any atom is 0.0950 e. The van der Waals surface area contributed by atoms with E-state index in [0.29, 0.717) is 25.9 Å². The molecule has 0 unspecified atom stereocenters. The number of ether oxygens (including phenoxy) is 2. The fraction of sp³-hybridized carbons (Fsp3) is 0.600. The quantitative estimate of drug-likeness (QED) is 0.530. The maximum atomic E-state index is 9.88. The predicted molar refractivity (Wildman–Crippen MR) is 160 cm³/mol. The first-order valence-corrected chi connectivity index (χ1v) is 15.2. The first-order chi connectivity index (χ1) is 19.4. The van der Waals surface area contributed by atoms with Crippen LogP contribution in [0.15, 0.2) is 48.5 Å². The zero-order valence-corrected chi connectivity index (χ0v) is 24.7. The van der Waals surface area contributed by atoms with E-state index in [1.54, 1.807) is 0 Å². The van der Waals surface area contributed by atoms with Gasteiger partial charge in [0, 0.05) is 81.5 Å². The van der Waals surface area contributed by atoms with E-state index in [9.17, 15) is 5.11 Å². The maximum absolute atomic E-state index is 9.88. The molecule has 3 N–H and O–H groups in total. The summed E-state index contributed by atoms with van der Waals surface area (Å²) in [6.07, 6.45) is -0.321. The van der Waals surface area contributed by atoms with Gasteiger partial charge in [-0.25, -0.2) is 0 Å². The number of rotatable bonds is 6. The molecule has 0 bridgehead atoms. The number of nitrogens with two attached hydrogens (primary N) is 1. The monoisotopic (exact) mass is 591 g/mol. The van der Waals surface area contributed by atoms with Crippen molar-refractivity contribution in [1.82, 2.24) is 19.6 Å². The van der Waals surface area contributed by atoms with Crippen molar-refractivity contribution < 1.29 is 14.6 Å². The molecular weight excluding hydrogens is 549 g/mol. The first-order valence-electron chi connectivity index (χ1n) is 14.5. The van der Waals surface area contributed by atoms with E-state index in [1.165, 1.54) is 11.1 Å². The van der Waals surface area contributed by atoms with Crippen LogP contribution in [0.2, 0.25) is 10.0 Å². The molecule has 4 aliphatic heterocycles. The molecular formula is C30H43Cl2N5O3. The summed E-state index contributed by atoms with van der Waals surface area (Å²) in [5.41, 5.74) is 8.71. The molecule has 8 nitrogen and oxygen atoms in total. The van der Waals surface area contributed by atoms with Gasteiger partial charge < -0.3 is 20.3 Å². The summed E-state index contributed by atoms with van der Waals surface area (Å²) >= 11 is 11.8. The summed E-state index contributed by atoms with van der Waals surface area (Å²) in [4.78, 5) is 9.77. The standard InChI is InChI=1S/C15H22ClN3O.C15H21ClN2O2/c16-13-3-1-12(2-4-13)9-18-5-7-19(8-6-18)15-11-20-10-14(15)17;16-13-3-1-12(2-4-13)9-17-5-7-18(8-6-17)14-10-20-11-15(14)19/h1-4,14-15H,5-11,17H2;1-4,14-15,19H,5-11H2/t2*14-,15-/m11/s1. The topological polar surface area (TPSA) is 77.7 Å². The summed E-state index contributed by atoms with van der Waals surface area (Å²) in [6, 6.07) is 17.0. The summed E-state index contributed by atoms with van der Waals surface area (Å²) < 4.78 is 10.8. The fourth-order valence-electron chi connectivity index (χ4n) is 6.02. The molecule has 10 heteroatoms. The molecule has 40 heavy (non-hydrogen) atoms. The predicted octanol–water partition coefficient (Wildman–Crippen LogP) is 2.40. The van der Waals surface area contributed by atoms with Crippen LogP contribution >= 0.6 is 23.2 Å². The molecule has 0 saturated carbocycles. The molecule has 4 atom stereocenters. The minimum atomic E-state index is -0.321. The van der Waals surface area contributed by atoms with Crippen molar-refractivity contribution in [3.05, 3.63) is 69.7 Å². The third-order valence-corrected chi connectivity index (χ3v) is 9.01. The van der Waals surface area contributed by atoms with Crippen molar-refractivity contribution in [3.63, 3.8) is 0 Å². The largest absolute Gasteiger partial charge is 0.389 e. The molecule has 0 aromatic heterocycles. The van der Waals surface area contributed by atoms with Crippen molar-refractivity contribution in [1.29, 1.82) is 0 Å². The van der Waals surface area contributed by atoms with Gasteiger partial charge in [-0.2, -0.15) is 0 Å². The number of halogens is 2. The number of hydrogen-bond donors (Lipinski definition) is 2. The fourth-order valence-corrected chi connectivity index (χ4v) is 6.27. The highest BCUT2D eigenvalue weighted by Gasteiger charge is 2.34. The number of benzene rings is 2. The van der Waals surface area contributed by atoms with Crippen molar-refractivity contribution in [2.45, 2.75) is 37.3 Å². The molecule has 4 fully saturated rings. The molecule has 4 aliphatic rings. The second kappa shape index (κ2) is 14.7. The van der Waals surface area contributed by atoms with Gasteiger partial charge in [0.2, 0.25) is 0 Å². The van der Waals surface area contributed by atoms with Gasteiger partial charge in [0.05, 0.1) is 44.6 Å². The van der Waals surface area contributed by atoms with Crippen molar-refractivity contribution >= 4 is 23.2 Å². The lowest BCUT2D eigenvalue weighted by atomic mass is 10.1. The average Bonchev–Trinajstić information content (AvgIpc) is 3.60. The molecule has 0 aliphatic carbocycles. The second-order valence-corrected chi connectivity index (χ2v) is 12.2. The lowest BCUT2D eigenvalue weighted by Gasteiger charge is -2.38. The van der Waals surface area contributed by atoms with Crippen LogP contribution in [0.5, 0.6) is 0 Å². The summed E-state index contributed by atoms with van der Waals surface area (Å²) in [5.74, 6) is 0. The number of piperazine rings is 2. The summed E-state index contributed by atoms with van der Waals surface area (Å²) in [7, 11) is 0. The molecule has 6 rings (SSSR count). The SMILES string of the molecule is N[C@@H]1COC[C@H]1N1CCN(Cc2ccc(Cl)cc2)CC1.O[C@@H]1COC[C@H]1N1CCN(Cc2ccc(Cl)cc2)CC1. The van der Waals surface area contributed by atoms with Crippen LogP contribution in [0, 0.1) is 0 Å². The summed E-state index contributed by atoms with van der Waals surface area (Å²) in [6.45, 7) is 13.0. The van der Waals surface area contributed by atoms with Gasteiger partial charge in [-0.1, -0.05) is 47.5 Å². The van der Waals surface area contributed by atoms with E-state index in [2.05, 4.69) is 43.9 Å². The highest BCUT2D eigenvalue weighted by molar-refractivity contribution is 6.30. The van der Waals surface area contributed by atoms with Crippen LogP contribution in [-0.4, -0.2) is 128 Å². The van der Waals surface area contributed by atoms with Gasteiger partial charge in [-0.05, 0) is 35.4 Å². The number of aliphatic hydroxyl groups is 1. The van der Waals surface area contributed by atoms with Crippen molar-refractivity contribution in [2.75, 3.05) is 78.8 Å². The van der Waals surface area contributed by atoms with E-state index < -0.39 is 0 Å². The zero-order chi connectivity index (χ0) is 27.9. The number of aliphatic hydroxyl groups excluding tert-OH is 1. The molecule has 4 heterocycles. The van der Waals surface area contributed by atoms with Crippen LogP contribution in [0.4, 0.5) is 0 Å². The highest BCUT2D eigenvalue weighted by Crippen LogP contribution is 2.19. The lowest BCUT2D eigenvalue weighted by molar-refractivity contribution is 0.0422. The number of nitrogens with zero attached hydrogens (tertiary/aromatic N) is 4. The van der Waals surface area contributed by atoms with Crippen LogP contribution in [0.3, 0.4) is 0 Å². The van der Waals surface area contributed by atoms with Crippen LogP contribution in [0.1, 0.15) is 11.1 Å². The van der Waals surface area contributed by atoms with Gasteiger partial charge in [0.25, 0.3) is 0 Å². The van der Waals surface area contributed by atoms with Crippen LogP contribution < -0.4 is 5.73 Å². The Morgan fingerprint density at radius 2 is 1.05 bits per heavy atom. The molecule has 2 aromatic carbocycles. The van der Waals surface area contributed by atoms with Gasteiger partial charge in [0.1, 0.15) is 0 Å². The minimum Gasteiger partial charge on any atom is -0.389 e. The van der Waals surface area contributed by atoms with Crippen molar-refractivity contribution in [3.8, 4) is 0 Å². The Morgan fingerprint density at radius 1 is 0.625 bits per heavy atom. The van der Waals surface area contributed by atoms with Gasteiger partial charge >= 0.3 is 0 Å². The van der Waals surface area contributed by atoms with E-state index in [1.807, 2.05) is 24.3 Å². The third-order valence-electron chi connectivity index (χ3n) is 8.51. The minimum absolute atomic E-state index is 0.179. The molecule has 0 radical (unpaired) electrons. The number of hydrogen-bond acceptors (Lipinski definition) is 8. The lowest BCUT2D eigenvalue weighted by Crippen LogP contribution is -2.55. The second-order valence-electron chi connectivity index (χ2n) is 11.3.